The Hall–Kier alpha value is -0.650. The molecule has 1 N–H and O–H groups in total. The van der Waals surface area contributed by atoms with E-state index >= 15 is 0 Å². The van der Waals surface area contributed by atoms with Gasteiger partial charge in [0.2, 0.25) is 0 Å². The molecule has 1 unspecified atom stereocenters. The molecule has 0 aliphatic carbocycles. The Bertz CT molecular complexity index is 453. The first-order valence-corrected chi connectivity index (χ1v) is 7.86. The lowest BCUT2D eigenvalue weighted by atomic mass is 10.2. The van der Waals surface area contributed by atoms with E-state index in [0.717, 1.165) is 13.1 Å². The van der Waals surface area contributed by atoms with E-state index in [9.17, 15) is 0 Å². The number of unbranched alkanes of at least 4 members (excludes halogenated alkanes) is 1. The third kappa shape index (κ3) is 4.23. The Balaban J connectivity index is 1.60. The fourth-order valence-electron chi connectivity index (χ4n) is 1.81. The molecule has 0 fully saturated rings. The summed E-state index contributed by atoms with van der Waals surface area (Å²) < 4.78 is 3.30. The summed E-state index contributed by atoms with van der Waals surface area (Å²) in [5, 5.41) is 5.69. The molecule has 3 nitrogen and oxygen atoms in total. The average Bonchev–Trinajstić information content (AvgIpc) is 2.99. The van der Waals surface area contributed by atoms with Crippen molar-refractivity contribution in [3.63, 3.8) is 0 Å². The number of hydrogen-bond donors (Lipinski definition) is 1. The van der Waals surface area contributed by atoms with Crippen molar-refractivity contribution in [1.82, 2.24) is 14.9 Å². The highest BCUT2D eigenvalue weighted by molar-refractivity contribution is 9.10. The van der Waals surface area contributed by atoms with Crippen LogP contribution in [0.25, 0.3) is 0 Å². The van der Waals surface area contributed by atoms with Crippen LogP contribution in [0.2, 0.25) is 0 Å². The first-order chi connectivity index (χ1) is 8.75. The summed E-state index contributed by atoms with van der Waals surface area (Å²) in [7, 11) is 0. The van der Waals surface area contributed by atoms with Gasteiger partial charge in [-0.3, -0.25) is 0 Å². The molecule has 2 aromatic heterocycles. The van der Waals surface area contributed by atoms with E-state index in [1.165, 1.54) is 22.2 Å². The number of rotatable bonds is 7. The van der Waals surface area contributed by atoms with Crippen LogP contribution in [0.4, 0.5) is 0 Å². The number of halogens is 1. The summed E-state index contributed by atoms with van der Waals surface area (Å²) in [6.45, 7) is 4.33. The van der Waals surface area contributed by atoms with Crippen LogP contribution in [0.5, 0.6) is 0 Å². The molecule has 5 heteroatoms. The molecule has 0 aliphatic rings. The molecule has 0 amide bonds. The Morgan fingerprint density at radius 2 is 2.39 bits per heavy atom. The Morgan fingerprint density at radius 3 is 3.06 bits per heavy atom. The molecule has 98 valence electrons. The fraction of sp³-hybridized carbons (Fsp3) is 0.462. The zero-order chi connectivity index (χ0) is 12.8. The Labute approximate surface area is 120 Å². The van der Waals surface area contributed by atoms with Gasteiger partial charge in [0.1, 0.15) is 0 Å². The molecule has 0 bridgehead atoms. The van der Waals surface area contributed by atoms with Gasteiger partial charge < -0.3 is 9.88 Å². The van der Waals surface area contributed by atoms with Gasteiger partial charge in [0, 0.05) is 39.7 Å². The summed E-state index contributed by atoms with van der Waals surface area (Å²) in [5.74, 6) is 0. The molecule has 0 aromatic carbocycles. The van der Waals surface area contributed by atoms with E-state index in [4.69, 9.17) is 0 Å². The highest BCUT2D eigenvalue weighted by atomic mass is 79.9. The zero-order valence-corrected chi connectivity index (χ0v) is 12.9. The van der Waals surface area contributed by atoms with Gasteiger partial charge in [0.05, 0.1) is 6.33 Å². The molecule has 0 radical (unpaired) electrons. The van der Waals surface area contributed by atoms with Crippen LogP contribution in [0.3, 0.4) is 0 Å². The van der Waals surface area contributed by atoms with Crippen molar-refractivity contribution >= 4 is 27.3 Å². The summed E-state index contributed by atoms with van der Waals surface area (Å²) in [4.78, 5) is 5.42. The second-order valence-corrected chi connectivity index (χ2v) is 6.21. The van der Waals surface area contributed by atoms with Gasteiger partial charge in [-0.15, -0.1) is 11.3 Å². The smallest absolute Gasteiger partial charge is 0.0945 e. The van der Waals surface area contributed by atoms with Crippen molar-refractivity contribution in [2.24, 2.45) is 0 Å². The number of aryl methyl sites for hydroxylation is 1. The van der Waals surface area contributed by atoms with Gasteiger partial charge >= 0.3 is 0 Å². The lowest BCUT2D eigenvalue weighted by Gasteiger charge is -2.11. The van der Waals surface area contributed by atoms with E-state index in [1.807, 2.05) is 18.7 Å². The predicted molar refractivity (Wildman–Crippen MR) is 79.9 cm³/mol. The third-order valence-electron chi connectivity index (χ3n) is 2.87. The van der Waals surface area contributed by atoms with Gasteiger partial charge in [0.15, 0.2) is 0 Å². The second-order valence-electron chi connectivity index (χ2n) is 4.35. The molecule has 2 rings (SSSR count). The van der Waals surface area contributed by atoms with Crippen LogP contribution in [-0.4, -0.2) is 16.1 Å². The standard InChI is InChI=1S/C13H18BrN3S/c1-11(13-8-12(14)9-18-13)16-4-2-3-6-17-7-5-15-10-17/h5,7-11,16H,2-4,6H2,1H3. The van der Waals surface area contributed by atoms with E-state index in [2.05, 4.69) is 49.2 Å². The summed E-state index contributed by atoms with van der Waals surface area (Å²) in [5.41, 5.74) is 0. The minimum Gasteiger partial charge on any atom is -0.337 e. The maximum absolute atomic E-state index is 4.04. The molecule has 0 aliphatic heterocycles. The van der Waals surface area contributed by atoms with Gasteiger partial charge in [-0.05, 0) is 48.3 Å². The van der Waals surface area contributed by atoms with Crippen LogP contribution in [-0.2, 0) is 6.54 Å². The van der Waals surface area contributed by atoms with Crippen molar-refractivity contribution in [1.29, 1.82) is 0 Å². The number of nitrogens with zero attached hydrogens (tertiary/aromatic N) is 2. The normalized spacial score (nSPS) is 12.8. The van der Waals surface area contributed by atoms with Crippen molar-refractivity contribution in [3.8, 4) is 0 Å². The zero-order valence-electron chi connectivity index (χ0n) is 10.5. The molecule has 2 heterocycles. The van der Waals surface area contributed by atoms with Gasteiger partial charge in [0.25, 0.3) is 0 Å². The molecular formula is C13H18BrN3S. The highest BCUT2D eigenvalue weighted by Gasteiger charge is 2.06. The second kappa shape index (κ2) is 7.07. The molecular weight excluding hydrogens is 310 g/mol. The Kier molecular flexibility index (Phi) is 5.41. The van der Waals surface area contributed by atoms with Gasteiger partial charge in [-0.1, -0.05) is 0 Å². The highest BCUT2D eigenvalue weighted by Crippen LogP contribution is 2.25. The van der Waals surface area contributed by atoms with E-state index in [-0.39, 0.29) is 0 Å². The quantitative estimate of drug-likeness (QED) is 0.783. The van der Waals surface area contributed by atoms with E-state index in [1.54, 1.807) is 11.3 Å². The van der Waals surface area contributed by atoms with Crippen molar-refractivity contribution in [2.75, 3.05) is 6.54 Å². The maximum atomic E-state index is 4.04. The predicted octanol–water partition coefficient (Wildman–Crippen LogP) is 3.84. The van der Waals surface area contributed by atoms with Crippen LogP contribution in [0.15, 0.2) is 34.6 Å². The number of thiophene rings is 1. The number of hydrogen-bond acceptors (Lipinski definition) is 3. The maximum Gasteiger partial charge on any atom is 0.0945 e. The molecule has 2 aromatic rings. The molecule has 18 heavy (non-hydrogen) atoms. The molecule has 0 saturated heterocycles. The minimum absolute atomic E-state index is 0.439. The van der Waals surface area contributed by atoms with E-state index < -0.39 is 0 Å². The van der Waals surface area contributed by atoms with Gasteiger partial charge in [-0.2, -0.15) is 0 Å². The fourth-order valence-corrected chi connectivity index (χ4v) is 3.29. The van der Waals surface area contributed by atoms with Crippen LogP contribution in [0, 0.1) is 0 Å². The summed E-state index contributed by atoms with van der Waals surface area (Å²) >= 11 is 5.29. The third-order valence-corrected chi connectivity index (χ3v) is 4.74. The topological polar surface area (TPSA) is 29.9 Å². The molecule has 0 saturated carbocycles. The number of nitrogens with one attached hydrogen (secondary N) is 1. The van der Waals surface area contributed by atoms with Crippen LogP contribution >= 0.6 is 27.3 Å². The van der Waals surface area contributed by atoms with Crippen molar-refractivity contribution in [3.05, 3.63) is 39.5 Å². The van der Waals surface area contributed by atoms with Gasteiger partial charge in [-0.25, -0.2) is 4.98 Å². The molecule has 1 atom stereocenters. The lowest BCUT2D eigenvalue weighted by molar-refractivity contribution is 0.527. The monoisotopic (exact) mass is 327 g/mol. The summed E-state index contributed by atoms with van der Waals surface area (Å²) in [6, 6.07) is 2.63. The van der Waals surface area contributed by atoms with Crippen LogP contribution < -0.4 is 5.32 Å². The number of aromatic nitrogens is 2. The molecule has 0 spiro atoms. The SMILES string of the molecule is CC(NCCCCn1ccnc1)c1cc(Br)cs1. The minimum atomic E-state index is 0.439. The summed E-state index contributed by atoms with van der Waals surface area (Å²) in [6.07, 6.45) is 8.09. The van der Waals surface area contributed by atoms with Crippen molar-refractivity contribution in [2.45, 2.75) is 32.4 Å². The van der Waals surface area contributed by atoms with E-state index in [0.29, 0.717) is 6.04 Å². The first kappa shape index (κ1) is 13.8. The van der Waals surface area contributed by atoms with Crippen molar-refractivity contribution < 1.29 is 0 Å². The number of imidazole rings is 1. The Morgan fingerprint density at radius 1 is 1.50 bits per heavy atom. The first-order valence-electron chi connectivity index (χ1n) is 6.19. The largest absolute Gasteiger partial charge is 0.337 e. The lowest BCUT2D eigenvalue weighted by Crippen LogP contribution is -2.19. The average molecular weight is 328 g/mol. The van der Waals surface area contributed by atoms with Crippen LogP contribution in [0.1, 0.15) is 30.7 Å².